The minimum atomic E-state index is 0.635. The minimum Gasteiger partial charge on any atom is -0.493 e. The third-order valence-electron chi connectivity index (χ3n) is 3.15. The standard InChI is InChI=1S/C13H20N2O/c1-4-5-10-7-11(10)15-12-6-9(2)14-8-13(12)16-3/h6,8,10-11H,4-5,7H2,1-3H3,(H,14,15). The lowest BCUT2D eigenvalue weighted by Gasteiger charge is -2.11. The van der Waals surface area contributed by atoms with Crippen molar-refractivity contribution >= 4 is 5.69 Å². The van der Waals surface area contributed by atoms with Gasteiger partial charge in [0.25, 0.3) is 0 Å². The van der Waals surface area contributed by atoms with Crippen LogP contribution in [-0.2, 0) is 0 Å². The van der Waals surface area contributed by atoms with Gasteiger partial charge in [-0.25, -0.2) is 0 Å². The van der Waals surface area contributed by atoms with Crippen molar-refractivity contribution in [2.75, 3.05) is 12.4 Å². The summed E-state index contributed by atoms with van der Waals surface area (Å²) in [5.41, 5.74) is 2.11. The Kier molecular flexibility index (Phi) is 3.32. The first-order valence-corrected chi connectivity index (χ1v) is 6.01. The number of methoxy groups -OCH3 is 1. The second kappa shape index (κ2) is 4.73. The molecule has 2 unspecified atom stereocenters. The Morgan fingerprint density at radius 3 is 3.06 bits per heavy atom. The molecule has 1 aliphatic carbocycles. The lowest BCUT2D eigenvalue weighted by atomic mass is 10.2. The number of pyridine rings is 1. The smallest absolute Gasteiger partial charge is 0.160 e. The lowest BCUT2D eigenvalue weighted by molar-refractivity contribution is 0.414. The summed E-state index contributed by atoms with van der Waals surface area (Å²) >= 11 is 0. The van der Waals surface area contributed by atoms with Gasteiger partial charge in [0.2, 0.25) is 0 Å². The van der Waals surface area contributed by atoms with Crippen LogP contribution in [-0.4, -0.2) is 18.1 Å². The fraction of sp³-hybridized carbons (Fsp3) is 0.615. The van der Waals surface area contributed by atoms with E-state index in [1.807, 2.05) is 6.92 Å². The van der Waals surface area contributed by atoms with Crippen molar-refractivity contribution in [2.45, 2.75) is 39.2 Å². The molecule has 2 atom stereocenters. The van der Waals surface area contributed by atoms with Crippen molar-refractivity contribution in [3.05, 3.63) is 18.0 Å². The Balaban J connectivity index is 2.01. The van der Waals surface area contributed by atoms with E-state index in [1.54, 1.807) is 13.3 Å². The summed E-state index contributed by atoms with van der Waals surface area (Å²) in [6, 6.07) is 2.69. The second-order valence-corrected chi connectivity index (χ2v) is 4.56. The van der Waals surface area contributed by atoms with Crippen LogP contribution >= 0.6 is 0 Å². The molecule has 1 saturated carbocycles. The average molecular weight is 220 g/mol. The van der Waals surface area contributed by atoms with Crippen LogP contribution in [0, 0.1) is 12.8 Å². The molecule has 2 rings (SSSR count). The maximum Gasteiger partial charge on any atom is 0.160 e. The molecule has 0 radical (unpaired) electrons. The second-order valence-electron chi connectivity index (χ2n) is 4.56. The minimum absolute atomic E-state index is 0.635. The number of aromatic nitrogens is 1. The molecule has 0 aliphatic heterocycles. The number of aryl methyl sites for hydroxylation is 1. The van der Waals surface area contributed by atoms with Crippen LogP contribution in [0.4, 0.5) is 5.69 Å². The summed E-state index contributed by atoms with van der Waals surface area (Å²) < 4.78 is 5.30. The predicted octanol–water partition coefficient (Wildman–Crippen LogP) is 3.00. The quantitative estimate of drug-likeness (QED) is 0.828. The normalized spacial score (nSPS) is 22.9. The first kappa shape index (κ1) is 11.2. The van der Waals surface area contributed by atoms with Crippen molar-refractivity contribution < 1.29 is 4.74 Å². The molecule has 3 heteroatoms. The largest absolute Gasteiger partial charge is 0.493 e. The van der Waals surface area contributed by atoms with E-state index >= 15 is 0 Å². The Labute approximate surface area is 97.2 Å². The van der Waals surface area contributed by atoms with Gasteiger partial charge in [-0.15, -0.1) is 0 Å². The van der Waals surface area contributed by atoms with Gasteiger partial charge in [-0.1, -0.05) is 13.3 Å². The number of hydrogen-bond donors (Lipinski definition) is 1. The van der Waals surface area contributed by atoms with E-state index in [-0.39, 0.29) is 0 Å². The van der Waals surface area contributed by atoms with Crippen molar-refractivity contribution in [2.24, 2.45) is 5.92 Å². The van der Waals surface area contributed by atoms with Crippen molar-refractivity contribution in [3.63, 3.8) is 0 Å². The van der Waals surface area contributed by atoms with E-state index in [9.17, 15) is 0 Å². The highest BCUT2D eigenvalue weighted by atomic mass is 16.5. The Morgan fingerprint density at radius 2 is 2.38 bits per heavy atom. The zero-order valence-corrected chi connectivity index (χ0v) is 10.3. The molecule has 1 aromatic heterocycles. The van der Waals surface area contributed by atoms with Gasteiger partial charge in [0, 0.05) is 11.7 Å². The number of anilines is 1. The molecule has 1 aromatic rings. The summed E-state index contributed by atoms with van der Waals surface area (Å²) in [6.45, 7) is 4.24. The molecule has 16 heavy (non-hydrogen) atoms. The van der Waals surface area contributed by atoms with Crippen LogP contribution in [0.1, 0.15) is 31.9 Å². The first-order chi connectivity index (χ1) is 7.74. The predicted molar refractivity (Wildman–Crippen MR) is 66.0 cm³/mol. The molecule has 0 saturated heterocycles. The van der Waals surface area contributed by atoms with Crippen LogP contribution in [0.15, 0.2) is 12.3 Å². The molecule has 1 fully saturated rings. The number of hydrogen-bond acceptors (Lipinski definition) is 3. The highest BCUT2D eigenvalue weighted by Gasteiger charge is 2.36. The zero-order valence-electron chi connectivity index (χ0n) is 10.3. The van der Waals surface area contributed by atoms with E-state index in [2.05, 4.69) is 23.3 Å². The maximum absolute atomic E-state index is 5.30. The molecule has 88 valence electrons. The molecule has 3 nitrogen and oxygen atoms in total. The average Bonchev–Trinajstić information content (AvgIpc) is 2.97. The van der Waals surface area contributed by atoms with E-state index in [4.69, 9.17) is 4.74 Å². The molecule has 0 spiro atoms. The fourth-order valence-corrected chi connectivity index (χ4v) is 2.14. The summed E-state index contributed by atoms with van der Waals surface area (Å²) in [6.07, 6.45) is 5.67. The zero-order chi connectivity index (χ0) is 11.5. The van der Waals surface area contributed by atoms with Crippen LogP contribution in [0.25, 0.3) is 0 Å². The summed E-state index contributed by atoms with van der Waals surface area (Å²) in [5.74, 6) is 1.69. The lowest BCUT2D eigenvalue weighted by Crippen LogP contribution is -2.06. The van der Waals surface area contributed by atoms with E-state index < -0.39 is 0 Å². The van der Waals surface area contributed by atoms with Gasteiger partial charge < -0.3 is 10.1 Å². The maximum atomic E-state index is 5.30. The third-order valence-corrected chi connectivity index (χ3v) is 3.15. The Morgan fingerprint density at radius 1 is 1.56 bits per heavy atom. The van der Waals surface area contributed by atoms with E-state index in [1.165, 1.54) is 19.3 Å². The molecule has 1 N–H and O–H groups in total. The third kappa shape index (κ3) is 2.46. The summed E-state index contributed by atoms with van der Waals surface area (Å²) in [7, 11) is 1.69. The van der Waals surface area contributed by atoms with Crippen molar-refractivity contribution in [1.82, 2.24) is 4.98 Å². The van der Waals surface area contributed by atoms with Gasteiger partial charge in [0.05, 0.1) is 19.0 Å². The van der Waals surface area contributed by atoms with E-state index in [0.29, 0.717) is 6.04 Å². The fourth-order valence-electron chi connectivity index (χ4n) is 2.14. The van der Waals surface area contributed by atoms with Crippen LogP contribution in [0.2, 0.25) is 0 Å². The van der Waals surface area contributed by atoms with Crippen LogP contribution in [0.5, 0.6) is 5.75 Å². The van der Waals surface area contributed by atoms with Crippen molar-refractivity contribution in [3.8, 4) is 5.75 Å². The summed E-state index contributed by atoms with van der Waals surface area (Å²) in [4.78, 5) is 4.23. The van der Waals surface area contributed by atoms with Gasteiger partial charge in [-0.05, 0) is 31.7 Å². The molecule has 0 aromatic carbocycles. The van der Waals surface area contributed by atoms with Gasteiger partial charge >= 0.3 is 0 Å². The van der Waals surface area contributed by atoms with E-state index in [0.717, 1.165) is 23.0 Å². The SMILES string of the molecule is CCCC1CC1Nc1cc(C)ncc1OC. The van der Waals surface area contributed by atoms with Crippen molar-refractivity contribution in [1.29, 1.82) is 0 Å². The number of ether oxygens (including phenoxy) is 1. The van der Waals surface area contributed by atoms with Gasteiger partial charge in [0.1, 0.15) is 0 Å². The van der Waals surface area contributed by atoms with Crippen LogP contribution < -0.4 is 10.1 Å². The highest BCUT2D eigenvalue weighted by Crippen LogP contribution is 2.39. The molecule has 1 aliphatic rings. The highest BCUT2D eigenvalue weighted by molar-refractivity contribution is 5.57. The van der Waals surface area contributed by atoms with Gasteiger partial charge in [0.15, 0.2) is 5.75 Å². The Hall–Kier alpha value is -1.25. The molecule has 0 amide bonds. The first-order valence-electron chi connectivity index (χ1n) is 6.01. The molecule has 0 bridgehead atoms. The molecular weight excluding hydrogens is 200 g/mol. The number of rotatable bonds is 5. The van der Waals surface area contributed by atoms with Gasteiger partial charge in [-0.3, -0.25) is 4.98 Å². The molecular formula is C13H20N2O. The van der Waals surface area contributed by atoms with Crippen LogP contribution in [0.3, 0.4) is 0 Å². The molecule has 1 heterocycles. The van der Waals surface area contributed by atoms with Gasteiger partial charge in [-0.2, -0.15) is 0 Å². The number of nitrogens with zero attached hydrogens (tertiary/aromatic N) is 1. The topological polar surface area (TPSA) is 34.2 Å². The summed E-state index contributed by atoms with van der Waals surface area (Å²) in [5, 5.41) is 3.55. The Bertz CT molecular complexity index is 365. The number of nitrogens with one attached hydrogen (secondary N) is 1. The monoisotopic (exact) mass is 220 g/mol.